The van der Waals surface area contributed by atoms with Crippen LogP contribution in [0.5, 0.6) is 0 Å². The Balaban J connectivity index is 2.01. The Labute approximate surface area is 224 Å². The second kappa shape index (κ2) is 12.4. The molecule has 0 fully saturated rings. The van der Waals surface area contributed by atoms with Crippen LogP contribution in [0.4, 0.5) is 0 Å². The van der Waals surface area contributed by atoms with Crippen LogP contribution in [0.1, 0.15) is 63.1 Å². The van der Waals surface area contributed by atoms with Crippen molar-refractivity contribution in [3.05, 3.63) is 106 Å². The maximum Gasteiger partial charge on any atom is 0.243 e. The highest BCUT2D eigenvalue weighted by molar-refractivity contribution is 6.36. The summed E-state index contributed by atoms with van der Waals surface area (Å²) in [5.41, 5.74) is 2.28. The molecule has 3 rings (SSSR count). The van der Waals surface area contributed by atoms with E-state index in [2.05, 4.69) is 5.32 Å². The van der Waals surface area contributed by atoms with Gasteiger partial charge in [0.2, 0.25) is 11.8 Å². The molecule has 0 aliphatic heterocycles. The molecule has 3 aromatic rings. The van der Waals surface area contributed by atoms with Gasteiger partial charge in [0, 0.05) is 40.0 Å². The lowest BCUT2D eigenvalue weighted by Gasteiger charge is -2.34. The first kappa shape index (κ1) is 27.8. The molecule has 0 aliphatic carbocycles. The fourth-order valence-electron chi connectivity index (χ4n) is 4.32. The molecule has 1 N–H and O–H groups in total. The number of amides is 2. The Morgan fingerprint density at radius 3 is 1.78 bits per heavy atom. The zero-order valence-electron chi connectivity index (χ0n) is 21.3. The molecular weight excluding hydrogens is 491 g/mol. The van der Waals surface area contributed by atoms with Crippen molar-refractivity contribution < 1.29 is 9.59 Å². The fourth-order valence-corrected chi connectivity index (χ4v) is 4.83. The first-order valence-electron chi connectivity index (χ1n) is 12.2. The molecule has 0 bridgehead atoms. The predicted molar refractivity (Wildman–Crippen MR) is 148 cm³/mol. The van der Waals surface area contributed by atoms with Gasteiger partial charge >= 0.3 is 0 Å². The molecule has 4 nitrogen and oxygen atoms in total. The number of nitrogens with one attached hydrogen (secondary N) is 1. The Hall–Kier alpha value is -2.82. The van der Waals surface area contributed by atoms with Gasteiger partial charge in [-0.05, 0) is 50.5 Å². The molecule has 0 aliphatic rings. The molecule has 0 unspecified atom stereocenters. The van der Waals surface area contributed by atoms with Gasteiger partial charge in [-0.2, -0.15) is 0 Å². The molecular formula is C30H34Cl2N2O2. The van der Waals surface area contributed by atoms with E-state index in [0.29, 0.717) is 22.0 Å². The van der Waals surface area contributed by atoms with Crippen LogP contribution in [0.15, 0.2) is 78.9 Å². The number of rotatable bonds is 9. The van der Waals surface area contributed by atoms with Crippen molar-refractivity contribution in [2.24, 2.45) is 0 Å². The highest BCUT2D eigenvalue weighted by atomic mass is 35.5. The van der Waals surface area contributed by atoms with Crippen LogP contribution in [0.2, 0.25) is 10.0 Å². The average Bonchev–Trinajstić information content (AvgIpc) is 2.84. The monoisotopic (exact) mass is 524 g/mol. The molecule has 36 heavy (non-hydrogen) atoms. The van der Waals surface area contributed by atoms with Gasteiger partial charge in [-0.1, -0.05) is 96.9 Å². The van der Waals surface area contributed by atoms with Crippen LogP contribution in [0.3, 0.4) is 0 Å². The number of halogens is 2. The SMILES string of the molecule is CC[C@H](C(=O)NC(C)(C)C)N(Cc1c(Cl)cccc1Cl)C(=O)CC(c1ccccc1)c1ccccc1. The molecule has 6 heteroatoms. The lowest BCUT2D eigenvalue weighted by molar-refractivity contribution is -0.142. The van der Waals surface area contributed by atoms with E-state index in [-0.39, 0.29) is 30.7 Å². The molecule has 2 amide bonds. The van der Waals surface area contributed by atoms with Gasteiger partial charge in [-0.25, -0.2) is 0 Å². The van der Waals surface area contributed by atoms with Crippen molar-refractivity contribution in [3.63, 3.8) is 0 Å². The van der Waals surface area contributed by atoms with Gasteiger partial charge in [0.1, 0.15) is 6.04 Å². The highest BCUT2D eigenvalue weighted by Crippen LogP contribution is 2.31. The number of hydrogen-bond donors (Lipinski definition) is 1. The van der Waals surface area contributed by atoms with Crippen LogP contribution in [0, 0.1) is 0 Å². The van der Waals surface area contributed by atoms with E-state index >= 15 is 0 Å². The summed E-state index contributed by atoms with van der Waals surface area (Å²) in [5.74, 6) is -0.496. The van der Waals surface area contributed by atoms with Crippen LogP contribution < -0.4 is 5.32 Å². The minimum absolute atomic E-state index is 0.139. The first-order valence-corrected chi connectivity index (χ1v) is 13.0. The van der Waals surface area contributed by atoms with Gasteiger partial charge in [-0.15, -0.1) is 0 Å². The molecule has 0 radical (unpaired) electrons. The van der Waals surface area contributed by atoms with Crippen molar-refractivity contribution in [3.8, 4) is 0 Å². The first-order chi connectivity index (χ1) is 17.1. The summed E-state index contributed by atoms with van der Waals surface area (Å²) in [7, 11) is 0. The lowest BCUT2D eigenvalue weighted by atomic mass is 9.88. The Kier molecular flexibility index (Phi) is 9.58. The summed E-state index contributed by atoms with van der Waals surface area (Å²) >= 11 is 13.0. The lowest BCUT2D eigenvalue weighted by Crippen LogP contribution is -2.53. The molecule has 0 saturated heterocycles. The van der Waals surface area contributed by atoms with E-state index in [4.69, 9.17) is 23.2 Å². The van der Waals surface area contributed by atoms with E-state index in [1.807, 2.05) is 88.4 Å². The maximum absolute atomic E-state index is 14.1. The van der Waals surface area contributed by atoms with E-state index < -0.39 is 11.6 Å². The third-order valence-corrected chi connectivity index (χ3v) is 6.77. The minimum atomic E-state index is -0.670. The van der Waals surface area contributed by atoms with E-state index in [1.54, 1.807) is 23.1 Å². The molecule has 0 saturated carbocycles. The second-order valence-corrected chi connectivity index (χ2v) is 10.8. The summed E-state index contributed by atoms with van der Waals surface area (Å²) in [5, 5.41) is 3.97. The Morgan fingerprint density at radius 1 is 0.833 bits per heavy atom. The predicted octanol–water partition coefficient (Wildman–Crippen LogP) is 7.24. The van der Waals surface area contributed by atoms with E-state index in [0.717, 1.165) is 11.1 Å². The van der Waals surface area contributed by atoms with Gasteiger partial charge in [0.05, 0.1) is 0 Å². The number of carbonyl (C=O) groups excluding carboxylic acids is 2. The van der Waals surface area contributed by atoms with Crippen molar-refractivity contribution in [2.75, 3.05) is 0 Å². The molecule has 0 spiro atoms. The van der Waals surface area contributed by atoms with Gasteiger partial charge in [0.15, 0.2) is 0 Å². The molecule has 1 atom stereocenters. The summed E-state index contributed by atoms with van der Waals surface area (Å²) in [4.78, 5) is 29.0. The van der Waals surface area contributed by atoms with Crippen LogP contribution >= 0.6 is 23.2 Å². The molecule has 3 aromatic carbocycles. The number of benzene rings is 3. The number of carbonyl (C=O) groups is 2. The standard InChI is InChI=1S/C30H34Cl2N2O2/c1-5-27(29(36)33-30(2,3)4)34(20-24-25(31)17-12-18-26(24)32)28(35)19-23(21-13-8-6-9-14-21)22-15-10-7-11-16-22/h6-18,23,27H,5,19-20H2,1-4H3,(H,33,36)/t27-/m1/s1. The summed E-state index contributed by atoms with van der Waals surface area (Å²) in [6, 6.07) is 24.5. The maximum atomic E-state index is 14.1. The topological polar surface area (TPSA) is 49.4 Å². The fraction of sp³-hybridized carbons (Fsp3) is 0.333. The van der Waals surface area contributed by atoms with Gasteiger partial charge in [-0.3, -0.25) is 9.59 Å². The number of hydrogen-bond acceptors (Lipinski definition) is 2. The summed E-state index contributed by atoms with van der Waals surface area (Å²) in [6.07, 6.45) is 0.659. The average molecular weight is 526 g/mol. The van der Waals surface area contributed by atoms with Crippen LogP contribution in [-0.2, 0) is 16.1 Å². The third kappa shape index (κ3) is 7.35. The Morgan fingerprint density at radius 2 is 1.33 bits per heavy atom. The van der Waals surface area contributed by atoms with Gasteiger partial charge in [0.25, 0.3) is 0 Å². The zero-order valence-corrected chi connectivity index (χ0v) is 22.8. The molecule has 190 valence electrons. The van der Waals surface area contributed by atoms with Crippen molar-refractivity contribution in [1.29, 1.82) is 0 Å². The Bertz CT molecular complexity index is 1100. The van der Waals surface area contributed by atoms with E-state index in [9.17, 15) is 9.59 Å². The quantitative estimate of drug-likeness (QED) is 0.320. The van der Waals surface area contributed by atoms with Gasteiger partial charge < -0.3 is 10.2 Å². The van der Waals surface area contributed by atoms with Crippen LogP contribution in [0.25, 0.3) is 0 Å². The summed E-state index contributed by atoms with van der Waals surface area (Å²) < 4.78 is 0. The van der Waals surface area contributed by atoms with Crippen molar-refractivity contribution in [2.45, 2.75) is 64.6 Å². The number of nitrogens with zero attached hydrogens (tertiary/aromatic N) is 1. The smallest absolute Gasteiger partial charge is 0.243 e. The van der Waals surface area contributed by atoms with E-state index in [1.165, 1.54) is 0 Å². The van der Waals surface area contributed by atoms with Crippen molar-refractivity contribution in [1.82, 2.24) is 10.2 Å². The second-order valence-electron chi connectivity index (χ2n) is 9.96. The zero-order chi connectivity index (χ0) is 26.3. The highest BCUT2D eigenvalue weighted by Gasteiger charge is 2.33. The normalized spacial score (nSPS) is 12.3. The summed E-state index contributed by atoms with van der Waals surface area (Å²) in [6.45, 7) is 7.83. The van der Waals surface area contributed by atoms with Crippen molar-refractivity contribution >= 4 is 35.0 Å². The molecule has 0 heterocycles. The third-order valence-electron chi connectivity index (χ3n) is 6.06. The molecule has 0 aromatic heterocycles. The minimum Gasteiger partial charge on any atom is -0.350 e. The van der Waals surface area contributed by atoms with Crippen LogP contribution in [-0.4, -0.2) is 28.3 Å². The largest absolute Gasteiger partial charge is 0.350 e.